The number of hydrogen-bond donors (Lipinski definition) is 1. The van der Waals surface area contributed by atoms with E-state index in [0.29, 0.717) is 38.5 Å². The van der Waals surface area contributed by atoms with E-state index in [1.165, 1.54) is 5.57 Å². The van der Waals surface area contributed by atoms with Crippen LogP contribution in [0.4, 0.5) is 0 Å². The lowest BCUT2D eigenvalue weighted by Crippen LogP contribution is -2.38. The third-order valence-corrected chi connectivity index (χ3v) is 8.12. The van der Waals surface area contributed by atoms with Gasteiger partial charge in [-0.05, 0) is 90.8 Å². The van der Waals surface area contributed by atoms with Crippen molar-refractivity contribution in [3.8, 4) is 11.5 Å². The Morgan fingerprint density at radius 2 is 1.91 bits per heavy atom. The number of allylic oxidation sites excluding steroid dienone is 4. The van der Waals surface area contributed by atoms with Gasteiger partial charge in [0.2, 0.25) is 0 Å². The fraction of sp³-hybridized carbons (Fsp3) is 0.611. The maximum Gasteiger partial charge on any atom is 0.127 e. The Hall–Kier alpha value is -2.90. The Bertz CT molecular complexity index is 1240. The van der Waals surface area contributed by atoms with E-state index in [2.05, 4.69) is 70.2 Å². The molecule has 2 unspecified atom stereocenters. The lowest BCUT2D eigenvalue weighted by atomic mass is 9.73. The predicted octanol–water partition coefficient (Wildman–Crippen LogP) is 8.13. The van der Waals surface area contributed by atoms with Crippen molar-refractivity contribution in [2.75, 3.05) is 19.8 Å². The van der Waals surface area contributed by atoms with E-state index in [9.17, 15) is 5.11 Å². The summed E-state index contributed by atoms with van der Waals surface area (Å²) in [6.45, 7) is 24.5. The van der Waals surface area contributed by atoms with Crippen LogP contribution in [0.3, 0.4) is 0 Å². The van der Waals surface area contributed by atoms with Crippen molar-refractivity contribution in [3.05, 3.63) is 71.6 Å². The van der Waals surface area contributed by atoms with Gasteiger partial charge in [0, 0.05) is 24.1 Å². The minimum Gasteiger partial charge on any atom is -0.507 e. The van der Waals surface area contributed by atoms with Gasteiger partial charge >= 0.3 is 0 Å². The number of ether oxygens (including phenoxy) is 3. The molecule has 0 saturated heterocycles. The Balaban J connectivity index is 1.65. The van der Waals surface area contributed by atoms with Gasteiger partial charge in [0.25, 0.3) is 0 Å². The highest BCUT2D eigenvalue weighted by atomic mass is 16.6. The van der Waals surface area contributed by atoms with Crippen LogP contribution in [0, 0.1) is 5.92 Å². The molecule has 0 fully saturated rings. The van der Waals surface area contributed by atoms with E-state index < -0.39 is 11.2 Å². The SMILES string of the molecule is C=CCn1cc(CC(C)(C)OCC(C)(C)OCCOc2cc(CCCCC)cc(O)c2C2C=C(C)CCC2C(=C)C)nn1. The third kappa shape index (κ3) is 10.6. The summed E-state index contributed by atoms with van der Waals surface area (Å²) in [5, 5.41) is 19.7. The summed E-state index contributed by atoms with van der Waals surface area (Å²) in [5.74, 6) is 1.37. The summed E-state index contributed by atoms with van der Waals surface area (Å²) in [4.78, 5) is 0. The van der Waals surface area contributed by atoms with E-state index in [4.69, 9.17) is 14.2 Å². The van der Waals surface area contributed by atoms with Crippen molar-refractivity contribution in [2.45, 2.75) is 117 Å². The summed E-state index contributed by atoms with van der Waals surface area (Å²) < 4.78 is 20.7. The number of benzene rings is 1. The van der Waals surface area contributed by atoms with E-state index >= 15 is 0 Å². The van der Waals surface area contributed by atoms with Crippen LogP contribution in [-0.4, -0.2) is 51.1 Å². The molecule has 238 valence electrons. The van der Waals surface area contributed by atoms with Crippen molar-refractivity contribution in [2.24, 2.45) is 5.92 Å². The van der Waals surface area contributed by atoms with Crippen LogP contribution in [0.1, 0.15) is 103 Å². The molecule has 0 bridgehead atoms. The van der Waals surface area contributed by atoms with E-state index in [0.717, 1.165) is 66.7 Å². The van der Waals surface area contributed by atoms with Crippen molar-refractivity contribution in [1.29, 1.82) is 0 Å². The topological polar surface area (TPSA) is 78.6 Å². The monoisotopic (exact) mass is 593 g/mol. The molecule has 1 aliphatic rings. The second kappa shape index (κ2) is 15.7. The van der Waals surface area contributed by atoms with Crippen LogP contribution in [0.15, 0.2) is 54.8 Å². The number of phenols is 1. The minimum atomic E-state index is -0.512. The molecule has 1 N–H and O–H groups in total. The van der Waals surface area contributed by atoms with Gasteiger partial charge in [0.05, 0.1) is 36.7 Å². The quantitative estimate of drug-likeness (QED) is 0.139. The molecule has 1 heterocycles. The minimum absolute atomic E-state index is 0.0392. The number of aromatic hydroxyl groups is 1. The van der Waals surface area contributed by atoms with Gasteiger partial charge in [-0.3, -0.25) is 0 Å². The summed E-state index contributed by atoms with van der Waals surface area (Å²) in [7, 11) is 0. The average Bonchev–Trinajstić information content (AvgIpc) is 3.36. The lowest BCUT2D eigenvalue weighted by Gasteiger charge is -2.33. The first kappa shape index (κ1) is 34.6. The highest BCUT2D eigenvalue weighted by molar-refractivity contribution is 5.52. The molecule has 7 nitrogen and oxygen atoms in total. The molecule has 0 spiro atoms. The van der Waals surface area contributed by atoms with Crippen LogP contribution < -0.4 is 4.74 Å². The normalized spacial score (nSPS) is 17.5. The van der Waals surface area contributed by atoms with Gasteiger partial charge in [-0.25, -0.2) is 4.68 Å². The number of phenolic OH excluding ortho intramolecular Hbond substituents is 1. The zero-order valence-corrected chi connectivity index (χ0v) is 27.7. The summed E-state index contributed by atoms with van der Waals surface area (Å²) >= 11 is 0. The number of hydrogen-bond acceptors (Lipinski definition) is 6. The molecule has 1 aromatic carbocycles. The summed E-state index contributed by atoms with van der Waals surface area (Å²) in [6, 6.07) is 4.06. The van der Waals surface area contributed by atoms with Crippen molar-refractivity contribution in [1.82, 2.24) is 15.0 Å². The molecule has 1 aliphatic carbocycles. The molecular formula is C36H55N3O4. The first-order chi connectivity index (χ1) is 20.3. The van der Waals surface area contributed by atoms with Crippen molar-refractivity contribution in [3.63, 3.8) is 0 Å². The standard InChI is InChI=1S/C36H55N3O4/c1-10-12-13-14-28-21-32(40)34(31-20-27(5)15-16-30(31)26(3)4)33(22-28)41-18-19-42-36(8,9)25-43-35(6,7)23-29-24-39(17-11-2)38-37-29/h11,20-22,24,30-31,40H,2-3,10,12-19,23,25H2,1,4-9H3. The fourth-order valence-corrected chi connectivity index (χ4v) is 5.76. The molecular weight excluding hydrogens is 538 g/mol. The van der Waals surface area contributed by atoms with Crippen LogP contribution in [0.25, 0.3) is 0 Å². The molecule has 0 saturated carbocycles. The Kier molecular flexibility index (Phi) is 12.6. The predicted molar refractivity (Wildman–Crippen MR) is 175 cm³/mol. The van der Waals surface area contributed by atoms with Crippen molar-refractivity contribution >= 4 is 0 Å². The zero-order valence-electron chi connectivity index (χ0n) is 27.7. The highest BCUT2D eigenvalue weighted by Crippen LogP contribution is 2.47. The zero-order chi connectivity index (χ0) is 31.6. The first-order valence-corrected chi connectivity index (χ1v) is 15.9. The molecule has 1 aromatic heterocycles. The molecule has 7 heteroatoms. The van der Waals surface area contributed by atoms with E-state index in [1.54, 1.807) is 10.8 Å². The maximum atomic E-state index is 11.3. The second-order valence-corrected chi connectivity index (χ2v) is 13.4. The third-order valence-electron chi connectivity index (χ3n) is 8.12. The number of rotatable bonds is 18. The Morgan fingerprint density at radius 1 is 1.14 bits per heavy atom. The van der Waals surface area contributed by atoms with E-state index in [-0.39, 0.29) is 11.8 Å². The van der Waals surface area contributed by atoms with Gasteiger partial charge in [-0.2, -0.15) is 0 Å². The molecule has 2 atom stereocenters. The maximum absolute atomic E-state index is 11.3. The molecule has 0 radical (unpaired) electrons. The van der Waals surface area contributed by atoms with Crippen LogP contribution in [0.5, 0.6) is 11.5 Å². The number of nitrogens with zero attached hydrogens (tertiary/aromatic N) is 3. The van der Waals surface area contributed by atoms with Gasteiger partial charge in [0.1, 0.15) is 18.1 Å². The van der Waals surface area contributed by atoms with Gasteiger partial charge in [0.15, 0.2) is 0 Å². The van der Waals surface area contributed by atoms with Crippen LogP contribution in [-0.2, 0) is 28.9 Å². The molecule has 0 aliphatic heterocycles. The molecule has 2 aromatic rings. The van der Waals surface area contributed by atoms with Gasteiger partial charge < -0.3 is 19.3 Å². The van der Waals surface area contributed by atoms with Crippen molar-refractivity contribution < 1.29 is 19.3 Å². The van der Waals surface area contributed by atoms with Gasteiger partial charge in [-0.15, -0.1) is 11.7 Å². The molecule has 0 amide bonds. The smallest absolute Gasteiger partial charge is 0.127 e. The molecule has 43 heavy (non-hydrogen) atoms. The summed E-state index contributed by atoms with van der Waals surface area (Å²) in [5.41, 5.74) is 4.39. The lowest BCUT2D eigenvalue weighted by molar-refractivity contribution is -0.123. The van der Waals surface area contributed by atoms with Gasteiger partial charge in [-0.1, -0.05) is 54.9 Å². The Morgan fingerprint density at radius 3 is 2.60 bits per heavy atom. The first-order valence-electron chi connectivity index (χ1n) is 15.9. The number of aryl methyl sites for hydroxylation is 1. The molecule has 3 rings (SSSR count). The number of unbranched alkanes of at least 4 members (excludes halogenated alkanes) is 2. The summed E-state index contributed by atoms with van der Waals surface area (Å²) in [6.07, 6.45) is 13.1. The average molecular weight is 594 g/mol. The fourth-order valence-electron chi connectivity index (χ4n) is 5.76. The highest BCUT2D eigenvalue weighted by Gasteiger charge is 2.31. The largest absolute Gasteiger partial charge is 0.507 e. The van der Waals surface area contributed by atoms with E-state index in [1.807, 2.05) is 26.1 Å². The van der Waals surface area contributed by atoms with Crippen LogP contribution in [0.2, 0.25) is 0 Å². The Labute approximate surface area is 260 Å². The second-order valence-electron chi connectivity index (χ2n) is 13.4. The van der Waals surface area contributed by atoms with Crippen LogP contribution >= 0.6 is 0 Å². The number of aromatic nitrogens is 3.